The van der Waals surface area contributed by atoms with Gasteiger partial charge in [-0.25, -0.2) is 10.8 Å². The number of hydrogen-bond acceptors (Lipinski definition) is 6. The number of carbonyl (C=O) groups is 1. The zero-order valence-corrected chi connectivity index (χ0v) is 13.4. The zero-order valence-electron chi connectivity index (χ0n) is 13.4. The Balaban J connectivity index is 1.77. The lowest BCUT2D eigenvalue weighted by Crippen LogP contribution is -2.39. The molecule has 1 aliphatic heterocycles. The van der Waals surface area contributed by atoms with Crippen LogP contribution in [0.3, 0.4) is 0 Å². The first-order valence-corrected chi connectivity index (χ1v) is 7.84. The van der Waals surface area contributed by atoms with E-state index in [2.05, 4.69) is 21.7 Å². The second kappa shape index (κ2) is 8.33. The number of aromatic nitrogens is 2. The number of imidazole rings is 1. The first kappa shape index (κ1) is 17.0. The molecule has 2 heterocycles. The van der Waals surface area contributed by atoms with Crippen molar-refractivity contribution in [3.8, 4) is 0 Å². The molecular formula is C15H25N7O. The number of aromatic amines is 1. The summed E-state index contributed by atoms with van der Waals surface area (Å²) in [5, 5.41) is 1.39. The Morgan fingerprint density at radius 1 is 1.52 bits per heavy atom. The number of hydrogen-bond donors (Lipinski definition) is 3. The van der Waals surface area contributed by atoms with Crippen LogP contribution in [0, 0.1) is 0 Å². The lowest BCUT2D eigenvalue weighted by atomic mass is 10.1. The molecule has 23 heavy (non-hydrogen) atoms. The summed E-state index contributed by atoms with van der Waals surface area (Å²) in [5.74, 6) is 6.37. The minimum absolute atomic E-state index is 0.0533. The van der Waals surface area contributed by atoms with E-state index < -0.39 is 0 Å². The number of nitrogens with one attached hydrogen (secondary N) is 1. The molecule has 1 aromatic heterocycles. The molecular weight excluding hydrogens is 294 g/mol. The van der Waals surface area contributed by atoms with Gasteiger partial charge in [0.1, 0.15) is 6.54 Å². The van der Waals surface area contributed by atoms with E-state index >= 15 is 0 Å². The highest BCUT2D eigenvalue weighted by atomic mass is 16.2. The number of rotatable bonds is 8. The number of allylic oxidation sites excluding steroid dienone is 1. The van der Waals surface area contributed by atoms with Crippen molar-refractivity contribution in [1.82, 2.24) is 19.9 Å². The predicted octanol–water partition coefficient (Wildman–Crippen LogP) is 0.655. The smallest absolute Gasteiger partial charge is 0.243 e. The van der Waals surface area contributed by atoms with Crippen molar-refractivity contribution >= 4 is 18.6 Å². The molecule has 1 aromatic rings. The summed E-state index contributed by atoms with van der Waals surface area (Å²) in [6, 6.07) is 0. The second-order valence-corrected chi connectivity index (χ2v) is 5.69. The van der Waals surface area contributed by atoms with E-state index in [4.69, 9.17) is 11.6 Å². The standard InChI is InChI=1S/C15H25N7O/c1-18-13(6-4-5-12-9-19-15(16)20-12)10-22(17)11-14(23)21-7-2-3-8-21/h9-10H,1-8,11,17H2,(H3,16,19,20)/b13-10-. The third kappa shape index (κ3) is 5.41. The number of nitrogens with zero attached hydrogens (tertiary/aromatic N) is 4. The number of carbonyl (C=O) groups excluding carboxylic acids is 1. The fourth-order valence-electron chi connectivity index (χ4n) is 2.61. The van der Waals surface area contributed by atoms with Gasteiger partial charge in [-0.3, -0.25) is 9.79 Å². The number of nitrogen functional groups attached to an aromatic ring is 1. The SMILES string of the molecule is C=N/C(=C\N(N)CC(=O)N1CCCC1)CCCc1cnc(N)[nH]1. The molecule has 0 aliphatic carbocycles. The molecule has 0 atom stereocenters. The summed E-state index contributed by atoms with van der Waals surface area (Å²) < 4.78 is 0. The Kier molecular flexibility index (Phi) is 6.16. The van der Waals surface area contributed by atoms with E-state index in [0.29, 0.717) is 12.4 Å². The number of likely N-dealkylation sites (tertiary alicyclic amines) is 1. The van der Waals surface area contributed by atoms with Gasteiger partial charge in [0.2, 0.25) is 5.91 Å². The van der Waals surface area contributed by atoms with Crippen molar-refractivity contribution in [3.05, 3.63) is 23.8 Å². The van der Waals surface area contributed by atoms with Crippen LogP contribution < -0.4 is 11.6 Å². The van der Waals surface area contributed by atoms with Crippen LogP contribution in [0.25, 0.3) is 0 Å². The molecule has 0 aromatic carbocycles. The number of amides is 1. The van der Waals surface area contributed by atoms with Crippen molar-refractivity contribution in [2.24, 2.45) is 10.8 Å². The van der Waals surface area contributed by atoms with Gasteiger partial charge >= 0.3 is 0 Å². The van der Waals surface area contributed by atoms with E-state index in [1.54, 1.807) is 12.4 Å². The average Bonchev–Trinajstić information content (AvgIpc) is 3.17. The van der Waals surface area contributed by atoms with E-state index in [1.807, 2.05) is 4.90 Å². The van der Waals surface area contributed by atoms with Gasteiger partial charge in [-0.05, 0) is 38.8 Å². The van der Waals surface area contributed by atoms with Gasteiger partial charge in [0, 0.05) is 25.0 Å². The molecule has 8 heteroatoms. The van der Waals surface area contributed by atoms with Crippen molar-refractivity contribution < 1.29 is 4.79 Å². The van der Waals surface area contributed by atoms with E-state index in [-0.39, 0.29) is 12.5 Å². The quantitative estimate of drug-likeness (QED) is 0.369. The minimum Gasteiger partial charge on any atom is -0.369 e. The van der Waals surface area contributed by atoms with Crippen molar-refractivity contribution in [1.29, 1.82) is 0 Å². The summed E-state index contributed by atoms with van der Waals surface area (Å²) in [4.78, 5) is 24.8. The second-order valence-electron chi connectivity index (χ2n) is 5.69. The molecule has 8 nitrogen and oxygen atoms in total. The molecule has 5 N–H and O–H groups in total. The molecule has 0 spiro atoms. The number of H-pyrrole nitrogens is 1. The zero-order chi connectivity index (χ0) is 16.7. The Morgan fingerprint density at radius 3 is 2.87 bits per heavy atom. The van der Waals surface area contributed by atoms with Gasteiger partial charge in [-0.1, -0.05) is 0 Å². The van der Waals surface area contributed by atoms with Crippen molar-refractivity contribution in [3.63, 3.8) is 0 Å². The number of nitrogens with two attached hydrogens (primary N) is 2. The summed E-state index contributed by atoms with van der Waals surface area (Å²) >= 11 is 0. The monoisotopic (exact) mass is 319 g/mol. The fraction of sp³-hybridized carbons (Fsp3) is 0.533. The Labute approximate surface area is 136 Å². The minimum atomic E-state index is 0.0533. The largest absolute Gasteiger partial charge is 0.369 e. The van der Waals surface area contributed by atoms with Crippen LogP contribution in [0.2, 0.25) is 0 Å². The first-order valence-electron chi connectivity index (χ1n) is 7.84. The summed E-state index contributed by atoms with van der Waals surface area (Å²) in [6.45, 7) is 5.39. The third-order valence-corrected chi connectivity index (χ3v) is 3.82. The molecule has 1 saturated heterocycles. The molecule has 126 valence electrons. The Hall–Kier alpha value is -2.35. The highest BCUT2D eigenvalue weighted by molar-refractivity contribution is 5.78. The van der Waals surface area contributed by atoms with Crippen LogP contribution in [0.15, 0.2) is 23.1 Å². The van der Waals surface area contributed by atoms with Gasteiger partial charge in [0.25, 0.3) is 0 Å². The topological polar surface area (TPSA) is 117 Å². The predicted molar refractivity (Wildman–Crippen MR) is 90.3 cm³/mol. The summed E-state index contributed by atoms with van der Waals surface area (Å²) in [6.07, 6.45) is 7.95. The van der Waals surface area contributed by atoms with Gasteiger partial charge in [0.15, 0.2) is 5.95 Å². The van der Waals surface area contributed by atoms with Crippen molar-refractivity contribution in [2.75, 3.05) is 25.4 Å². The third-order valence-electron chi connectivity index (χ3n) is 3.82. The average molecular weight is 319 g/mol. The Morgan fingerprint density at radius 2 is 2.26 bits per heavy atom. The summed E-state index contributed by atoms with van der Waals surface area (Å²) in [5.41, 5.74) is 7.28. The number of anilines is 1. The molecule has 0 saturated carbocycles. The number of aliphatic imine (C=N–C) groups is 1. The van der Waals surface area contributed by atoms with E-state index in [0.717, 1.165) is 50.2 Å². The maximum absolute atomic E-state index is 12.0. The van der Waals surface area contributed by atoms with Crippen LogP contribution in [0.5, 0.6) is 0 Å². The molecule has 0 radical (unpaired) electrons. The van der Waals surface area contributed by atoms with E-state index in [9.17, 15) is 4.79 Å². The number of aryl methyl sites for hydroxylation is 1. The number of hydrazine groups is 1. The molecule has 0 bridgehead atoms. The van der Waals surface area contributed by atoms with Gasteiger partial charge < -0.3 is 20.6 Å². The Bertz CT molecular complexity index is 560. The summed E-state index contributed by atoms with van der Waals surface area (Å²) in [7, 11) is 0. The lowest BCUT2D eigenvalue weighted by molar-refractivity contribution is -0.130. The highest BCUT2D eigenvalue weighted by Crippen LogP contribution is 2.12. The van der Waals surface area contributed by atoms with Gasteiger partial charge in [0.05, 0.1) is 11.9 Å². The molecule has 1 amide bonds. The lowest BCUT2D eigenvalue weighted by Gasteiger charge is -2.20. The highest BCUT2D eigenvalue weighted by Gasteiger charge is 2.18. The van der Waals surface area contributed by atoms with Crippen LogP contribution in [-0.2, 0) is 11.2 Å². The van der Waals surface area contributed by atoms with E-state index in [1.165, 1.54) is 5.01 Å². The van der Waals surface area contributed by atoms with Gasteiger partial charge in [-0.2, -0.15) is 0 Å². The van der Waals surface area contributed by atoms with Crippen LogP contribution in [0.1, 0.15) is 31.4 Å². The fourth-order valence-corrected chi connectivity index (χ4v) is 2.61. The molecule has 0 unspecified atom stereocenters. The van der Waals surface area contributed by atoms with Crippen LogP contribution in [-0.4, -0.2) is 52.1 Å². The molecule has 1 aliphatic rings. The first-order chi connectivity index (χ1) is 11.1. The molecule has 2 rings (SSSR count). The molecule has 1 fully saturated rings. The van der Waals surface area contributed by atoms with Crippen LogP contribution in [0.4, 0.5) is 5.95 Å². The maximum Gasteiger partial charge on any atom is 0.243 e. The van der Waals surface area contributed by atoms with Crippen LogP contribution >= 0.6 is 0 Å². The van der Waals surface area contributed by atoms with Gasteiger partial charge in [-0.15, -0.1) is 0 Å². The normalized spacial score (nSPS) is 15.0. The maximum atomic E-state index is 12.0. The van der Waals surface area contributed by atoms with Crippen molar-refractivity contribution in [2.45, 2.75) is 32.1 Å².